The highest BCUT2D eigenvalue weighted by molar-refractivity contribution is 5.71. The molecule has 0 bridgehead atoms. The van der Waals surface area contributed by atoms with Crippen LogP contribution in [0, 0.1) is 0 Å². The maximum atomic E-state index is 10.1. The van der Waals surface area contributed by atoms with Gasteiger partial charge < -0.3 is 14.9 Å². The number of hydrogen-bond acceptors (Lipinski definition) is 4. The van der Waals surface area contributed by atoms with E-state index in [9.17, 15) is 9.59 Å². The van der Waals surface area contributed by atoms with E-state index in [2.05, 4.69) is 4.74 Å². The third-order valence-corrected chi connectivity index (χ3v) is 0.708. The summed E-state index contributed by atoms with van der Waals surface area (Å²) in [6.07, 6.45) is -0.230. The molecule has 0 spiro atoms. The number of carbonyl (C=O) groups excluding carboxylic acids is 1. The molecule has 58 valence electrons. The van der Waals surface area contributed by atoms with Crippen LogP contribution in [0.25, 0.3) is 0 Å². The van der Waals surface area contributed by atoms with Crippen LogP contribution in [0.4, 0.5) is 0 Å². The number of rotatable bonds is 4. The van der Waals surface area contributed by atoms with Gasteiger partial charge in [-0.2, -0.15) is 0 Å². The molecule has 0 saturated carbocycles. The van der Waals surface area contributed by atoms with Crippen LogP contribution in [-0.2, 0) is 14.3 Å². The Balaban J connectivity index is 3.20. The van der Waals surface area contributed by atoms with Gasteiger partial charge in [-0.15, -0.1) is 0 Å². The maximum absolute atomic E-state index is 10.1. The van der Waals surface area contributed by atoms with Crippen molar-refractivity contribution in [2.24, 2.45) is 0 Å². The molecule has 0 saturated heterocycles. The Morgan fingerprint density at radius 2 is 2.00 bits per heavy atom. The maximum Gasteiger partial charge on any atom is 0.331 e. The van der Waals surface area contributed by atoms with Gasteiger partial charge in [0.15, 0.2) is 0 Å². The zero-order chi connectivity index (χ0) is 7.98. The number of hydrogen-bond donors (Lipinski definition) is 2. The third kappa shape index (κ3) is 5.04. The van der Waals surface area contributed by atoms with Gasteiger partial charge in [0.1, 0.15) is 13.2 Å². The predicted octanol–water partition coefficient (Wildman–Crippen LogP) is -1.00. The van der Waals surface area contributed by atoms with Crippen LogP contribution in [0.15, 0.2) is 0 Å². The second-order valence-corrected chi connectivity index (χ2v) is 1.52. The van der Waals surface area contributed by atoms with Gasteiger partial charge in [-0.05, 0) is 0 Å². The summed E-state index contributed by atoms with van der Waals surface area (Å²) in [5, 5.41) is 16.1. The van der Waals surface area contributed by atoms with Crippen molar-refractivity contribution in [3.63, 3.8) is 0 Å². The van der Waals surface area contributed by atoms with Crippen LogP contribution >= 0.6 is 0 Å². The molecule has 10 heavy (non-hydrogen) atoms. The fraction of sp³-hybridized carbons (Fsp3) is 0.600. The molecule has 0 aromatic rings. The molecule has 0 aliphatic carbocycles. The second kappa shape index (κ2) is 4.75. The Bertz CT molecular complexity index is 130. The van der Waals surface area contributed by atoms with Gasteiger partial charge >= 0.3 is 11.9 Å². The molecule has 5 nitrogen and oxygen atoms in total. The molecule has 5 heteroatoms. The van der Waals surface area contributed by atoms with Crippen molar-refractivity contribution in [1.82, 2.24) is 0 Å². The van der Waals surface area contributed by atoms with E-state index in [-0.39, 0.29) is 13.0 Å². The summed E-state index contributed by atoms with van der Waals surface area (Å²) in [5.74, 6) is -1.84. The van der Waals surface area contributed by atoms with E-state index in [0.717, 1.165) is 0 Å². The van der Waals surface area contributed by atoms with E-state index < -0.39 is 18.5 Å². The highest BCUT2D eigenvalue weighted by Gasteiger charge is 2.01. The Kier molecular flexibility index (Phi) is 4.23. The molecule has 0 atom stereocenters. The molecular weight excluding hydrogens is 140 g/mol. The first-order valence-corrected chi connectivity index (χ1v) is 2.65. The number of esters is 1. The molecule has 0 aromatic carbocycles. The monoisotopic (exact) mass is 148 g/mol. The van der Waals surface area contributed by atoms with Crippen molar-refractivity contribution < 1.29 is 24.5 Å². The number of ether oxygens (including phenoxy) is 1. The molecule has 0 aliphatic heterocycles. The van der Waals surface area contributed by atoms with Gasteiger partial charge in [0.05, 0.1) is 6.42 Å². The molecule has 0 aliphatic rings. The topological polar surface area (TPSA) is 83.8 Å². The van der Waals surface area contributed by atoms with Crippen LogP contribution in [0.2, 0.25) is 0 Å². The van der Waals surface area contributed by atoms with Crippen molar-refractivity contribution in [2.45, 2.75) is 6.42 Å². The first-order chi connectivity index (χ1) is 4.66. The summed E-state index contributed by atoms with van der Waals surface area (Å²) in [5.41, 5.74) is 0. The molecule has 0 amide bonds. The van der Waals surface area contributed by atoms with Gasteiger partial charge in [-0.1, -0.05) is 0 Å². The molecular formula is C5H8O5. The van der Waals surface area contributed by atoms with E-state index in [1.807, 2.05) is 0 Å². The number of carbonyl (C=O) groups is 2. The van der Waals surface area contributed by atoms with Gasteiger partial charge in [-0.3, -0.25) is 4.79 Å². The fourth-order valence-electron chi connectivity index (χ4n) is 0.298. The lowest BCUT2D eigenvalue weighted by atomic mass is 10.5. The molecule has 0 unspecified atom stereocenters. The van der Waals surface area contributed by atoms with Gasteiger partial charge in [0.25, 0.3) is 0 Å². The second-order valence-electron chi connectivity index (χ2n) is 1.52. The summed E-state index contributed by atoms with van der Waals surface area (Å²) in [6, 6.07) is 0. The van der Waals surface area contributed by atoms with Crippen molar-refractivity contribution >= 4 is 11.9 Å². The summed E-state index contributed by atoms with van der Waals surface area (Å²) in [4.78, 5) is 19.9. The number of carboxylic acids is 1. The van der Waals surface area contributed by atoms with Crippen LogP contribution in [-0.4, -0.2) is 35.4 Å². The van der Waals surface area contributed by atoms with E-state index in [1.54, 1.807) is 0 Å². The van der Waals surface area contributed by atoms with E-state index >= 15 is 0 Å². The van der Waals surface area contributed by atoms with E-state index in [0.29, 0.717) is 0 Å². The summed E-state index contributed by atoms with van der Waals surface area (Å²) < 4.78 is 4.23. The van der Waals surface area contributed by atoms with Crippen molar-refractivity contribution in [1.29, 1.82) is 0 Å². The largest absolute Gasteiger partial charge is 0.481 e. The normalized spacial score (nSPS) is 8.90. The summed E-state index contributed by atoms with van der Waals surface area (Å²) >= 11 is 0. The van der Waals surface area contributed by atoms with Gasteiger partial charge in [0, 0.05) is 0 Å². The number of aliphatic carboxylic acids is 1. The predicted molar refractivity (Wildman–Crippen MR) is 30.3 cm³/mol. The minimum absolute atomic E-state index is 0.186. The van der Waals surface area contributed by atoms with Gasteiger partial charge in [0.2, 0.25) is 0 Å². The molecule has 0 fully saturated rings. The Morgan fingerprint density at radius 1 is 1.40 bits per heavy atom. The van der Waals surface area contributed by atoms with Crippen molar-refractivity contribution in [3.8, 4) is 0 Å². The zero-order valence-corrected chi connectivity index (χ0v) is 5.24. The highest BCUT2D eigenvalue weighted by atomic mass is 16.5. The zero-order valence-electron chi connectivity index (χ0n) is 5.24. The van der Waals surface area contributed by atoms with E-state index in [1.165, 1.54) is 0 Å². The lowest BCUT2D eigenvalue weighted by Crippen LogP contribution is -2.12. The first-order valence-electron chi connectivity index (χ1n) is 2.65. The lowest BCUT2D eigenvalue weighted by Gasteiger charge is -1.97. The average molecular weight is 148 g/mol. The van der Waals surface area contributed by atoms with Crippen LogP contribution in [0.5, 0.6) is 0 Å². The van der Waals surface area contributed by atoms with Crippen LogP contribution < -0.4 is 0 Å². The van der Waals surface area contributed by atoms with Crippen LogP contribution in [0.1, 0.15) is 6.42 Å². The fourth-order valence-corrected chi connectivity index (χ4v) is 0.298. The molecule has 0 aromatic heterocycles. The Labute approximate surface area is 57.2 Å². The smallest absolute Gasteiger partial charge is 0.331 e. The van der Waals surface area contributed by atoms with Gasteiger partial charge in [-0.25, -0.2) is 4.79 Å². The Morgan fingerprint density at radius 3 is 2.40 bits per heavy atom. The Hall–Kier alpha value is -1.10. The minimum atomic E-state index is -1.04. The first kappa shape index (κ1) is 8.90. The minimum Gasteiger partial charge on any atom is -0.481 e. The molecule has 0 radical (unpaired) electrons. The average Bonchev–Trinajstić information content (AvgIpc) is 1.87. The number of aliphatic hydroxyl groups is 1. The van der Waals surface area contributed by atoms with E-state index in [4.69, 9.17) is 10.2 Å². The third-order valence-electron chi connectivity index (χ3n) is 0.708. The number of carboxylic acid groups (broad SMARTS) is 1. The highest BCUT2D eigenvalue weighted by Crippen LogP contribution is 1.82. The van der Waals surface area contributed by atoms with Crippen molar-refractivity contribution in [2.75, 3.05) is 13.2 Å². The quantitative estimate of drug-likeness (QED) is 0.499. The van der Waals surface area contributed by atoms with Crippen molar-refractivity contribution in [3.05, 3.63) is 0 Å². The molecule has 0 rings (SSSR count). The molecule has 0 heterocycles. The SMILES string of the molecule is O=C(O)CCOC(=O)CO. The summed E-state index contributed by atoms with van der Waals surface area (Å²) in [7, 11) is 0. The standard InChI is InChI=1S/C5H8O5/c6-3-5(9)10-2-1-4(7)8/h6H,1-3H2,(H,7,8). The molecule has 2 N–H and O–H groups in total. The lowest BCUT2D eigenvalue weighted by molar-refractivity contribution is -0.149. The summed E-state index contributed by atoms with van der Waals surface area (Å²) in [6.45, 7) is -0.894. The van der Waals surface area contributed by atoms with Crippen LogP contribution in [0.3, 0.4) is 0 Å². The number of aliphatic hydroxyl groups excluding tert-OH is 1.